The van der Waals surface area contributed by atoms with E-state index in [2.05, 4.69) is 23.1 Å². The zero-order valence-electron chi connectivity index (χ0n) is 9.79. The molecule has 0 atom stereocenters. The van der Waals surface area contributed by atoms with Crippen LogP contribution in [0.1, 0.15) is 26.2 Å². The van der Waals surface area contributed by atoms with Crippen LogP contribution < -0.4 is 0 Å². The Morgan fingerprint density at radius 1 is 1.47 bits per heavy atom. The highest BCUT2D eigenvalue weighted by atomic mass is 16.5. The maximum atomic E-state index is 11.2. The SMILES string of the molecule is C=C(CC1CCN(CC)CC1)C(=O)OC. The Bertz CT molecular complexity index is 230. The van der Waals surface area contributed by atoms with Gasteiger partial charge in [0, 0.05) is 5.57 Å². The highest BCUT2D eigenvalue weighted by molar-refractivity contribution is 5.87. The van der Waals surface area contributed by atoms with Crippen molar-refractivity contribution >= 4 is 5.97 Å². The molecule has 0 aromatic carbocycles. The summed E-state index contributed by atoms with van der Waals surface area (Å²) in [6.45, 7) is 9.39. The Hall–Kier alpha value is -0.830. The lowest BCUT2D eigenvalue weighted by molar-refractivity contribution is -0.136. The van der Waals surface area contributed by atoms with E-state index >= 15 is 0 Å². The summed E-state index contributed by atoms with van der Waals surface area (Å²) in [4.78, 5) is 13.6. The van der Waals surface area contributed by atoms with Gasteiger partial charge in [-0.2, -0.15) is 0 Å². The van der Waals surface area contributed by atoms with Crippen molar-refractivity contribution in [3.63, 3.8) is 0 Å². The zero-order chi connectivity index (χ0) is 11.3. The molecule has 1 aliphatic heterocycles. The summed E-state index contributed by atoms with van der Waals surface area (Å²) >= 11 is 0. The van der Waals surface area contributed by atoms with E-state index in [1.54, 1.807) is 0 Å². The quantitative estimate of drug-likeness (QED) is 0.525. The molecule has 0 aromatic rings. The van der Waals surface area contributed by atoms with Crippen molar-refractivity contribution in [2.24, 2.45) is 5.92 Å². The van der Waals surface area contributed by atoms with Crippen LogP contribution in [0.5, 0.6) is 0 Å². The number of ether oxygens (including phenoxy) is 1. The number of carbonyl (C=O) groups is 1. The van der Waals surface area contributed by atoms with Gasteiger partial charge in [-0.05, 0) is 44.8 Å². The van der Waals surface area contributed by atoms with Gasteiger partial charge in [0.1, 0.15) is 0 Å². The number of esters is 1. The molecular weight excluding hydrogens is 190 g/mol. The third kappa shape index (κ3) is 3.67. The van der Waals surface area contributed by atoms with Gasteiger partial charge < -0.3 is 9.64 Å². The van der Waals surface area contributed by atoms with Crippen LogP contribution in [-0.2, 0) is 9.53 Å². The molecular formula is C12H21NO2. The number of methoxy groups -OCH3 is 1. The lowest BCUT2D eigenvalue weighted by Gasteiger charge is -2.31. The molecule has 1 aliphatic rings. The predicted molar refractivity (Wildman–Crippen MR) is 60.6 cm³/mol. The van der Waals surface area contributed by atoms with E-state index in [9.17, 15) is 4.79 Å². The normalized spacial score (nSPS) is 18.8. The summed E-state index contributed by atoms with van der Waals surface area (Å²) in [6, 6.07) is 0. The minimum absolute atomic E-state index is 0.257. The summed E-state index contributed by atoms with van der Waals surface area (Å²) in [5.41, 5.74) is 0.618. The third-order valence-electron chi connectivity index (χ3n) is 3.16. The van der Waals surface area contributed by atoms with Crippen molar-refractivity contribution in [2.75, 3.05) is 26.7 Å². The predicted octanol–water partition coefficient (Wildman–Crippen LogP) is 1.84. The van der Waals surface area contributed by atoms with Gasteiger partial charge in [0.05, 0.1) is 7.11 Å². The van der Waals surface area contributed by atoms with E-state index in [1.165, 1.54) is 20.0 Å². The van der Waals surface area contributed by atoms with Crippen LogP contribution in [0.4, 0.5) is 0 Å². The molecule has 86 valence electrons. The van der Waals surface area contributed by atoms with Crippen molar-refractivity contribution in [1.82, 2.24) is 4.90 Å². The Morgan fingerprint density at radius 3 is 2.53 bits per heavy atom. The van der Waals surface area contributed by atoms with Crippen LogP contribution in [0.2, 0.25) is 0 Å². The van der Waals surface area contributed by atoms with Crippen molar-refractivity contribution in [1.29, 1.82) is 0 Å². The number of piperidine rings is 1. The van der Waals surface area contributed by atoms with Crippen LogP contribution in [0.15, 0.2) is 12.2 Å². The molecule has 0 N–H and O–H groups in total. The van der Waals surface area contributed by atoms with Gasteiger partial charge in [0.15, 0.2) is 0 Å². The van der Waals surface area contributed by atoms with Crippen LogP contribution in [-0.4, -0.2) is 37.6 Å². The lowest BCUT2D eigenvalue weighted by atomic mass is 9.90. The molecule has 3 nitrogen and oxygen atoms in total. The van der Waals surface area contributed by atoms with Crippen molar-refractivity contribution in [2.45, 2.75) is 26.2 Å². The highest BCUT2D eigenvalue weighted by Crippen LogP contribution is 2.23. The van der Waals surface area contributed by atoms with Crippen LogP contribution in [0, 0.1) is 5.92 Å². The minimum Gasteiger partial charge on any atom is -0.466 e. The number of carbonyl (C=O) groups excluding carboxylic acids is 1. The number of nitrogens with zero attached hydrogens (tertiary/aromatic N) is 1. The smallest absolute Gasteiger partial charge is 0.333 e. The minimum atomic E-state index is -0.257. The average molecular weight is 211 g/mol. The molecule has 0 saturated carbocycles. The first-order valence-corrected chi connectivity index (χ1v) is 5.65. The number of rotatable bonds is 4. The third-order valence-corrected chi connectivity index (χ3v) is 3.16. The van der Waals surface area contributed by atoms with E-state index in [0.29, 0.717) is 11.5 Å². The molecule has 0 bridgehead atoms. The highest BCUT2D eigenvalue weighted by Gasteiger charge is 2.20. The van der Waals surface area contributed by atoms with E-state index in [4.69, 9.17) is 0 Å². The second kappa shape index (κ2) is 5.91. The van der Waals surface area contributed by atoms with Gasteiger partial charge in [-0.3, -0.25) is 0 Å². The van der Waals surface area contributed by atoms with E-state index < -0.39 is 0 Å². The molecule has 1 heterocycles. The Labute approximate surface area is 92.1 Å². The Morgan fingerprint density at radius 2 is 2.07 bits per heavy atom. The maximum absolute atomic E-state index is 11.2. The van der Waals surface area contributed by atoms with E-state index in [0.717, 1.165) is 26.1 Å². The molecule has 0 amide bonds. The van der Waals surface area contributed by atoms with Crippen molar-refractivity contribution in [3.8, 4) is 0 Å². The van der Waals surface area contributed by atoms with Gasteiger partial charge in [-0.25, -0.2) is 4.79 Å². The molecule has 0 unspecified atom stereocenters. The average Bonchev–Trinajstić information content (AvgIpc) is 2.29. The van der Waals surface area contributed by atoms with E-state index in [1.807, 2.05) is 0 Å². The van der Waals surface area contributed by atoms with Gasteiger partial charge in [0.25, 0.3) is 0 Å². The maximum Gasteiger partial charge on any atom is 0.333 e. The molecule has 1 saturated heterocycles. The Balaban J connectivity index is 2.29. The summed E-state index contributed by atoms with van der Waals surface area (Å²) in [5, 5.41) is 0. The monoisotopic (exact) mass is 211 g/mol. The van der Waals surface area contributed by atoms with Gasteiger partial charge in [-0.15, -0.1) is 0 Å². The van der Waals surface area contributed by atoms with Crippen LogP contribution in [0.25, 0.3) is 0 Å². The fourth-order valence-corrected chi connectivity index (χ4v) is 2.08. The number of hydrogen-bond donors (Lipinski definition) is 0. The molecule has 3 heteroatoms. The fourth-order valence-electron chi connectivity index (χ4n) is 2.08. The topological polar surface area (TPSA) is 29.5 Å². The fraction of sp³-hybridized carbons (Fsp3) is 0.750. The van der Waals surface area contributed by atoms with Crippen molar-refractivity contribution in [3.05, 3.63) is 12.2 Å². The molecule has 0 aromatic heterocycles. The standard InChI is InChI=1S/C12H21NO2/c1-4-13-7-5-11(6-8-13)9-10(2)12(14)15-3/h11H,2,4-9H2,1,3H3. The number of hydrogen-bond acceptors (Lipinski definition) is 3. The number of likely N-dealkylation sites (tertiary alicyclic amines) is 1. The first kappa shape index (κ1) is 12.2. The van der Waals surface area contributed by atoms with E-state index in [-0.39, 0.29) is 5.97 Å². The molecule has 1 rings (SSSR count). The largest absolute Gasteiger partial charge is 0.466 e. The van der Waals surface area contributed by atoms with Crippen molar-refractivity contribution < 1.29 is 9.53 Å². The van der Waals surface area contributed by atoms with Gasteiger partial charge in [0.2, 0.25) is 0 Å². The first-order valence-electron chi connectivity index (χ1n) is 5.65. The van der Waals surface area contributed by atoms with Gasteiger partial charge >= 0.3 is 5.97 Å². The molecule has 0 aliphatic carbocycles. The first-order chi connectivity index (χ1) is 7.17. The summed E-state index contributed by atoms with van der Waals surface area (Å²) in [5.74, 6) is 0.354. The summed E-state index contributed by atoms with van der Waals surface area (Å²) in [6.07, 6.45) is 3.14. The lowest BCUT2D eigenvalue weighted by Crippen LogP contribution is -2.33. The van der Waals surface area contributed by atoms with Gasteiger partial charge in [-0.1, -0.05) is 13.5 Å². The molecule has 0 radical (unpaired) electrons. The van der Waals surface area contributed by atoms with Crippen LogP contribution >= 0.6 is 0 Å². The zero-order valence-corrected chi connectivity index (χ0v) is 9.79. The molecule has 0 spiro atoms. The second-order valence-electron chi connectivity index (χ2n) is 4.18. The summed E-state index contributed by atoms with van der Waals surface area (Å²) < 4.78 is 4.65. The molecule has 15 heavy (non-hydrogen) atoms. The second-order valence-corrected chi connectivity index (χ2v) is 4.18. The van der Waals surface area contributed by atoms with Crippen LogP contribution in [0.3, 0.4) is 0 Å². The molecule has 1 fully saturated rings. The summed E-state index contributed by atoms with van der Waals surface area (Å²) in [7, 11) is 1.41. The Kier molecular flexibility index (Phi) is 4.82.